The molecule has 108 valence electrons. The molecule has 0 spiro atoms. The van der Waals surface area contributed by atoms with Gasteiger partial charge in [-0.05, 0) is 43.1 Å². The van der Waals surface area contributed by atoms with Crippen LogP contribution in [0.4, 0.5) is 11.4 Å². The second-order valence-electron chi connectivity index (χ2n) is 5.79. The van der Waals surface area contributed by atoms with Crippen molar-refractivity contribution < 1.29 is 0 Å². The number of anilines is 2. The zero-order chi connectivity index (χ0) is 14.1. The zero-order valence-electron chi connectivity index (χ0n) is 12.1. The third-order valence-corrected chi connectivity index (χ3v) is 5.50. The molecule has 2 nitrogen and oxygen atoms in total. The monoisotopic (exact) mass is 296 g/mol. The molecule has 1 saturated heterocycles. The van der Waals surface area contributed by atoms with E-state index in [0.29, 0.717) is 6.04 Å². The van der Waals surface area contributed by atoms with Gasteiger partial charge in [-0.25, -0.2) is 0 Å². The maximum absolute atomic E-state index is 3.64. The van der Waals surface area contributed by atoms with Gasteiger partial charge >= 0.3 is 0 Å². The smallest absolute Gasteiger partial charge is 0.0549 e. The van der Waals surface area contributed by atoms with Gasteiger partial charge in [-0.1, -0.05) is 30.3 Å². The minimum absolute atomic E-state index is 0.606. The summed E-state index contributed by atoms with van der Waals surface area (Å²) in [5.41, 5.74) is 4.18. The number of para-hydroxylation sites is 2. The standard InChI is InChI=1S/C18H20N2S/c1-2-8-16-14(6-1)13-21-18-10-4-3-9-17(18)20(16)12-15-7-5-11-19-15/h1-4,6,8-10,15,19H,5,7,11-13H2/t15-/m0/s1. The highest BCUT2D eigenvalue weighted by molar-refractivity contribution is 7.98. The maximum atomic E-state index is 3.64. The summed E-state index contributed by atoms with van der Waals surface area (Å²) in [7, 11) is 0. The summed E-state index contributed by atoms with van der Waals surface area (Å²) in [4.78, 5) is 3.92. The number of hydrogen-bond acceptors (Lipinski definition) is 3. The van der Waals surface area contributed by atoms with Crippen LogP contribution in [0.25, 0.3) is 0 Å². The van der Waals surface area contributed by atoms with Crippen LogP contribution in [0.1, 0.15) is 18.4 Å². The van der Waals surface area contributed by atoms with Gasteiger partial charge in [0.1, 0.15) is 0 Å². The van der Waals surface area contributed by atoms with E-state index in [1.165, 1.54) is 34.7 Å². The molecule has 2 aromatic carbocycles. The fraction of sp³-hybridized carbons (Fsp3) is 0.333. The van der Waals surface area contributed by atoms with Crippen molar-refractivity contribution in [2.24, 2.45) is 0 Å². The van der Waals surface area contributed by atoms with Crippen LogP contribution in [0.2, 0.25) is 0 Å². The number of benzene rings is 2. The lowest BCUT2D eigenvalue weighted by Gasteiger charge is -2.29. The summed E-state index contributed by atoms with van der Waals surface area (Å²) >= 11 is 1.95. The number of thioether (sulfide) groups is 1. The fourth-order valence-electron chi connectivity index (χ4n) is 3.31. The Morgan fingerprint density at radius 3 is 2.71 bits per heavy atom. The van der Waals surface area contributed by atoms with Gasteiger partial charge in [0.25, 0.3) is 0 Å². The first kappa shape index (κ1) is 13.2. The highest BCUT2D eigenvalue weighted by atomic mass is 32.2. The Morgan fingerprint density at radius 1 is 1.05 bits per heavy atom. The lowest BCUT2D eigenvalue weighted by Crippen LogP contribution is -2.35. The van der Waals surface area contributed by atoms with E-state index in [4.69, 9.17) is 0 Å². The second kappa shape index (κ2) is 5.74. The largest absolute Gasteiger partial charge is 0.339 e. The summed E-state index contributed by atoms with van der Waals surface area (Å²) in [6, 6.07) is 18.3. The Hall–Kier alpha value is -1.45. The van der Waals surface area contributed by atoms with Crippen LogP contribution in [0, 0.1) is 0 Å². The average Bonchev–Trinajstić information content (AvgIpc) is 2.99. The normalized spacial score (nSPS) is 20.8. The van der Waals surface area contributed by atoms with Crippen LogP contribution < -0.4 is 10.2 Å². The van der Waals surface area contributed by atoms with Gasteiger partial charge in [0.15, 0.2) is 0 Å². The Labute approximate surface area is 130 Å². The van der Waals surface area contributed by atoms with Gasteiger partial charge in [-0.2, -0.15) is 0 Å². The van der Waals surface area contributed by atoms with Crippen molar-refractivity contribution >= 4 is 23.1 Å². The Morgan fingerprint density at radius 2 is 1.86 bits per heavy atom. The molecule has 1 atom stereocenters. The van der Waals surface area contributed by atoms with Gasteiger partial charge in [-0.3, -0.25) is 0 Å². The van der Waals surface area contributed by atoms with Crippen molar-refractivity contribution in [1.29, 1.82) is 0 Å². The molecule has 2 aliphatic rings. The third kappa shape index (κ3) is 2.56. The quantitative estimate of drug-likeness (QED) is 0.895. The number of rotatable bonds is 2. The molecule has 0 amide bonds. The molecule has 1 N–H and O–H groups in total. The van der Waals surface area contributed by atoms with Crippen molar-refractivity contribution in [2.45, 2.75) is 29.5 Å². The van der Waals surface area contributed by atoms with E-state index in [0.717, 1.165) is 18.8 Å². The van der Waals surface area contributed by atoms with Crippen molar-refractivity contribution in [3.63, 3.8) is 0 Å². The molecule has 2 heterocycles. The van der Waals surface area contributed by atoms with E-state index in [9.17, 15) is 0 Å². The van der Waals surface area contributed by atoms with Crippen molar-refractivity contribution in [3.05, 3.63) is 54.1 Å². The van der Waals surface area contributed by atoms with E-state index < -0.39 is 0 Å². The van der Waals surface area contributed by atoms with E-state index in [2.05, 4.69) is 58.7 Å². The molecule has 3 heteroatoms. The van der Waals surface area contributed by atoms with Crippen molar-refractivity contribution in [1.82, 2.24) is 5.32 Å². The van der Waals surface area contributed by atoms with Crippen LogP contribution in [-0.2, 0) is 5.75 Å². The molecule has 0 aromatic heterocycles. The number of hydrogen-bond donors (Lipinski definition) is 1. The minimum atomic E-state index is 0.606. The number of fused-ring (bicyclic) bond motifs is 2. The zero-order valence-corrected chi connectivity index (χ0v) is 12.9. The molecule has 0 aliphatic carbocycles. The van der Waals surface area contributed by atoms with Crippen LogP contribution in [-0.4, -0.2) is 19.1 Å². The summed E-state index contributed by atoms with van der Waals surface area (Å²) in [5.74, 6) is 1.06. The fourth-order valence-corrected chi connectivity index (χ4v) is 4.37. The summed E-state index contributed by atoms with van der Waals surface area (Å²) < 4.78 is 0. The second-order valence-corrected chi connectivity index (χ2v) is 6.81. The lowest BCUT2D eigenvalue weighted by atomic mass is 10.1. The molecule has 0 saturated carbocycles. The molecule has 0 unspecified atom stereocenters. The van der Waals surface area contributed by atoms with Gasteiger partial charge < -0.3 is 10.2 Å². The van der Waals surface area contributed by atoms with E-state index >= 15 is 0 Å². The molecule has 0 bridgehead atoms. The maximum Gasteiger partial charge on any atom is 0.0549 e. The Kier molecular flexibility index (Phi) is 3.62. The molecule has 21 heavy (non-hydrogen) atoms. The summed E-state index contributed by atoms with van der Waals surface area (Å²) in [6.45, 7) is 2.23. The van der Waals surface area contributed by atoms with E-state index in [1.807, 2.05) is 11.8 Å². The molecule has 4 rings (SSSR count). The molecule has 1 fully saturated rings. The predicted octanol–water partition coefficient (Wildman–Crippen LogP) is 4.18. The molecule has 2 aliphatic heterocycles. The van der Waals surface area contributed by atoms with Crippen LogP contribution in [0.5, 0.6) is 0 Å². The van der Waals surface area contributed by atoms with Crippen LogP contribution >= 0.6 is 11.8 Å². The molecular weight excluding hydrogens is 276 g/mol. The molecular formula is C18H20N2S. The topological polar surface area (TPSA) is 15.3 Å². The first-order valence-corrected chi connectivity index (χ1v) is 8.71. The molecule has 0 radical (unpaired) electrons. The van der Waals surface area contributed by atoms with Crippen LogP contribution in [0.3, 0.4) is 0 Å². The van der Waals surface area contributed by atoms with E-state index in [1.54, 1.807) is 0 Å². The SMILES string of the molecule is c1ccc2c(c1)CSc1ccccc1N2C[C@@H]1CCCN1. The van der Waals surface area contributed by atoms with Gasteiger partial charge in [0.2, 0.25) is 0 Å². The highest BCUT2D eigenvalue weighted by Gasteiger charge is 2.24. The highest BCUT2D eigenvalue weighted by Crippen LogP contribution is 2.42. The summed E-state index contributed by atoms with van der Waals surface area (Å²) in [5, 5.41) is 3.64. The first-order chi connectivity index (χ1) is 10.4. The third-order valence-electron chi connectivity index (χ3n) is 4.39. The average molecular weight is 296 g/mol. The Bertz CT molecular complexity index is 587. The van der Waals surface area contributed by atoms with Gasteiger partial charge in [0.05, 0.1) is 5.69 Å². The van der Waals surface area contributed by atoms with Crippen molar-refractivity contribution in [2.75, 3.05) is 18.0 Å². The minimum Gasteiger partial charge on any atom is -0.339 e. The van der Waals surface area contributed by atoms with Crippen LogP contribution in [0.15, 0.2) is 53.4 Å². The predicted molar refractivity (Wildman–Crippen MR) is 90.5 cm³/mol. The first-order valence-electron chi connectivity index (χ1n) is 7.72. The van der Waals surface area contributed by atoms with E-state index in [-0.39, 0.29) is 0 Å². The van der Waals surface area contributed by atoms with Gasteiger partial charge in [-0.15, -0.1) is 11.8 Å². The van der Waals surface area contributed by atoms with Gasteiger partial charge in [0, 0.05) is 28.9 Å². The van der Waals surface area contributed by atoms with Crippen molar-refractivity contribution in [3.8, 4) is 0 Å². The molecule has 2 aromatic rings. The lowest BCUT2D eigenvalue weighted by molar-refractivity contribution is 0.607. The number of nitrogens with zero attached hydrogens (tertiary/aromatic N) is 1. The Balaban J connectivity index is 1.77. The summed E-state index contributed by atoms with van der Waals surface area (Å²) in [6.07, 6.45) is 2.59. The number of nitrogens with one attached hydrogen (secondary N) is 1.